The highest BCUT2D eigenvalue weighted by Gasteiger charge is 2.21. The van der Waals surface area contributed by atoms with E-state index in [2.05, 4.69) is 21.1 Å². The van der Waals surface area contributed by atoms with Gasteiger partial charge in [-0.1, -0.05) is 6.07 Å². The topological polar surface area (TPSA) is 79.8 Å². The first-order chi connectivity index (χ1) is 15.4. The molecule has 1 aromatic carbocycles. The van der Waals surface area contributed by atoms with E-state index in [1.807, 2.05) is 52.2 Å². The molecule has 0 amide bonds. The standard InChI is InChI=1S/C24H24N6O2/c1-6-32-18-9-17(11-25-12-18)16-7-8-20-19(10-16)23-21(13-26-20)28(4)24(31)30(23)22-14(2)27-29(5)15(22)3/h7-13H,6H2,1-5H3. The van der Waals surface area contributed by atoms with Gasteiger partial charge in [0.15, 0.2) is 0 Å². The zero-order chi connectivity index (χ0) is 22.6. The van der Waals surface area contributed by atoms with Crippen LogP contribution in [0, 0.1) is 13.8 Å². The van der Waals surface area contributed by atoms with Crippen molar-refractivity contribution in [2.75, 3.05) is 6.61 Å². The molecule has 32 heavy (non-hydrogen) atoms. The molecule has 4 aromatic heterocycles. The van der Waals surface area contributed by atoms with Crippen LogP contribution in [0.5, 0.6) is 5.75 Å². The monoisotopic (exact) mass is 428 g/mol. The van der Waals surface area contributed by atoms with Crippen molar-refractivity contribution < 1.29 is 4.74 Å². The summed E-state index contributed by atoms with van der Waals surface area (Å²) in [5, 5.41) is 5.42. The van der Waals surface area contributed by atoms with Crippen molar-refractivity contribution in [3.05, 3.63) is 64.7 Å². The largest absolute Gasteiger partial charge is 0.492 e. The van der Waals surface area contributed by atoms with Crippen LogP contribution in [0.4, 0.5) is 0 Å². The third-order valence-electron chi connectivity index (χ3n) is 5.94. The van der Waals surface area contributed by atoms with Crippen LogP contribution in [0.2, 0.25) is 0 Å². The highest BCUT2D eigenvalue weighted by Crippen LogP contribution is 2.31. The fourth-order valence-electron chi connectivity index (χ4n) is 4.29. The molecule has 5 rings (SSSR count). The Kier molecular flexibility index (Phi) is 4.58. The van der Waals surface area contributed by atoms with Gasteiger partial charge in [-0.15, -0.1) is 0 Å². The molecule has 0 bridgehead atoms. The molecule has 0 aliphatic rings. The molecule has 0 N–H and O–H groups in total. The van der Waals surface area contributed by atoms with Gasteiger partial charge in [-0.3, -0.25) is 23.8 Å². The molecule has 0 spiro atoms. The van der Waals surface area contributed by atoms with Crippen molar-refractivity contribution in [2.24, 2.45) is 14.1 Å². The van der Waals surface area contributed by atoms with E-state index >= 15 is 0 Å². The lowest BCUT2D eigenvalue weighted by atomic mass is 10.0. The Labute approximate surface area is 184 Å². The molecule has 8 nitrogen and oxygen atoms in total. The van der Waals surface area contributed by atoms with Gasteiger partial charge in [-0.05, 0) is 44.5 Å². The first-order valence-corrected chi connectivity index (χ1v) is 10.5. The smallest absolute Gasteiger partial charge is 0.333 e. The van der Waals surface area contributed by atoms with Gasteiger partial charge in [-0.25, -0.2) is 4.79 Å². The molecule has 162 valence electrons. The van der Waals surface area contributed by atoms with Gasteiger partial charge in [-0.2, -0.15) is 5.10 Å². The molecule has 0 fully saturated rings. The summed E-state index contributed by atoms with van der Waals surface area (Å²) in [6.45, 7) is 6.42. The van der Waals surface area contributed by atoms with E-state index in [1.54, 1.807) is 33.3 Å². The Morgan fingerprint density at radius 1 is 1.03 bits per heavy atom. The molecule has 0 saturated heterocycles. The van der Waals surface area contributed by atoms with E-state index in [4.69, 9.17) is 4.74 Å². The molecule has 0 atom stereocenters. The number of ether oxygens (including phenoxy) is 1. The number of hydrogen-bond donors (Lipinski definition) is 0. The second-order valence-electron chi connectivity index (χ2n) is 7.89. The zero-order valence-corrected chi connectivity index (χ0v) is 18.7. The summed E-state index contributed by atoms with van der Waals surface area (Å²) < 4.78 is 10.8. The van der Waals surface area contributed by atoms with E-state index in [9.17, 15) is 4.79 Å². The average molecular weight is 428 g/mol. The van der Waals surface area contributed by atoms with Crippen molar-refractivity contribution in [1.82, 2.24) is 28.9 Å². The number of nitrogens with zero attached hydrogens (tertiary/aromatic N) is 6. The van der Waals surface area contributed by atoms with E-state index in [0.717, 1.165) is 55.9 Å². The van der Waals surface area contributed by atoms with Crippen molar-refractivity contribution in [3.8, 4) is 22.6 Å². The molecule has 0 radical (unpaired) electrons. The highest BCUT2D eigenvalue weighted by molar-refractivity contribution is 6.04. The maximum absolute atomic E-state index is 13.4. The molecule has 0 unspecified atom stereocenters. The Bertz CT molecular complexity index is 1560. The predicted octanol–water partition coefficient (Wildman–Crippen LogP) is 3.69. The van der Waals surface area contributed by atoms with Crippen LogP contribution < -0.4 is 10.4 Å². The van der Waals surface area contributed by atoms with Crippen molar-refractivity contribution in [1.29, 1.82) is 0 Å². The normalized spacial score (nSPS) is 11.5. The van der Waals surface area contributed by atoms with Crippen LogP contribution in [-0.2, 0) is 14.1 Å². The van der Waals surface area contributed by atoms with Gasteiger partial charge in [0, 0.05) is 31.2 Å². The molecule has 8 heteroatoms. The molecular weight excluding hydrogens is 404 g/mol. The lowest BCUT2D eigenvalue weighted by molar-refractivity contribution is 0.339. The number of aryl methyl sites for hydroxylation is 3. The fraction of sp³-hybridized carbons (Fsp3) is 0.250. The minimum absolute atomic E-state index is 0.126. The lowest BCUT2D eigenvalue weighted by Gasteiger charge is -2.09. The Balaban J connectivity index is 1.85. The maximum Gasteiger partial charge on any atom is 0.333 e. The summed E-state index contributed by atoms with van der Waals surface area (Å²) in [5.74, 6) is 0.722. The fourth-order valence-corrected chi connectivity index (χ4v) is 4.29. The van der Waals surface area contributed by atoms with Crippen molar-refractivity contribution in [2.45, 2.75) is 20.8 Å². The summed E-state index contributed by atoms with van der Waals surface area (Å²) in [4.78, 5) is 22.3. The number of fused-ring (bicyclic) bond motifs is 3. The SMILES string of the molecule is CCOc1cncc(-c2ccc3ncc4c(c3c2)n(-c2c(C)nn(C)c2C)c(=O)n4C)c1. The number of imidazole rings is 1. The van der Waals surface area contributed by atoms with E-state index < -0.39 is 0 Å². The van der Waals surface area contributed by atoms with Crippen LogP contribution in [-0.4, -0.2) is 35.5 Å². The predicted molar refractivity (Wildman–Crippen MR) is 124 cm³/mol. The summed E-state index contributed by atoms with van der Waals surface area (Å²) in [7, 11) is 3.66. The van der Waals surface area contributed by atoms with E-state index in [1.165, 1.54) is 0 Å². The highest BCUT2D eigenvalue weighted by atomic mass is 16.5. The van der Waals surface area contributed by atoms with Crippen LogP contribution in [0.1, 0.15) is 18.3 Å². The average Bonchev–Trinajstić information content (AvgIpc) is 3.19. The van der Waals surface area contributed by atoms with Crippen molar-refractivity contribution in [3.63, 3.8) is 0 Å². The first kappa shape index (κ1) is 20.0. The summed E-state index contributed by atoms with van der Waals surface area (Å²) in [5.41, 5.74) is 6.72. The summed E-state index contributed by atoms with van der Waals surface area (Å²) in [6.07, 6.45) is 5.27. The molecular formula is C24H24N6O2. The third-order valence-corrected chi connectivity index (χ3v) is 5.94. The number of hydrogen-bond acceptors (Lipinski definition) is 5. The van der Waals surface area contributed by atoms with Gasteiger partial charge in [0.05, 0.1) is 52.6 Å². The maximum atomic E-state index is 13.4. The second-order valence-corrected chi connectivity index (χ2v) is 7.89. The number of benzene rings is 1. The Hall–Kier alpha value is -3.94. The quantitative estimate of drug-likeness (QED) is 0.436. The minimum Gasteiger partial charge on any atom is -0.492 e. The molecule has 0 aliphatic carbocycles. The lowest BCUT2D eigenvalue weighted by Crippen LogP contribution is -2.21. The zero-order valence-electron chi connectivity index (χ0n) is 18.7. The molecule has 4 heterocycles. The van der Waals surface area contributed by atoms with Gasteiger partial charge in [0.25, 0.3) is 0 Å². The van der Waals surface area contributed by atoms with Gasteiger partial charge < -0.3 is 4.74 Å². The Morgan fingerprint density at radius 3 is 2.56 bits per heavy atom. The first-order valence-electron chi connectivity index (χ1n) is 10.5. The van der Waals surface area contributed by atoms with Gasteiger partial charge in [0.2, 0.25) is 0 Å². The molecule has 5 aromatic rings. The van der Waals surface area contributed by atoms with Crippen molar-refractivity contribution >= 4 is 21.9 Å². The van der Waals surface area contributed by atoms with Crippen LogP contribution in [0.15, 0.2) is 47.7 Å². The number of pyridine rings is 2. The minimum atomic E-state index is -0.126. The summed E-state index contributed by atoms with van der Waals surface area (Å²) in [6, 6.07) is 8.02. The van der Waals surface area contributed by atoms with Gasteiger partial charge >= 0.3 is 5.69 Å². The number of rotatable bonds is 4. The summed E-state index contributed by atoms with van der Waals surface area (Å²) >= 11 is 0. The van der Waals surface area contributed by atoms with E-state index in [-0.39, 0.29) is 5.69 Å². The molecule has 0 saturated carbocycles. The Morgan fingerprint density at radius 2 is 1.84 bits per heavy atom. The molecule has 0 aliphatic heterocycles. The number of aromatic nitrogens is 6. The van der Waals surface area contributed by atoms with Gasteiger partial charge in [0.1, 0.15) is 5.75 Å². The van der Waals surface area contributed by atoms with Crippen LogP contribution >= 0.6 is 0 Å². The second kappa shape index (κ2) is 7.33. The van der Waals surface area contributed by atoms with Crippen LogP contribution in [0.25, 0.3) is 38.8 Å². The third kappa shape index (κ3) is 2.90. The van der Waals surface area contributed by atoms with E-state index in [0.29, 0.717) is 6.61 Å². The van der Waals surface area contributed by atoms with Crippen LogP contribution in [0.3, 0.4) is 0 Å².